The predicted octanol–water partition coefficient (Wildman–Crippen LogP) is 2.92. The van der Waals surface area contributed by atoms with Crippen LogP contribution in [0.2, 0.25) is 5.02 Å². The number of hydrogen-bond donors (Lipinski definition) is 1. The molecular formula is C8H10Cl2FN. The van der Waals surface area contributed by atoms with Crippen LogP contribution in [-0.2, 0) is 0 Å². The summed E-state index contributed by atoms with van der Waals surface area (Å²) >= 11 is 5.70. The normalized spacial score (nSPS) is 12.0. The van der Waals surface area contributed by atoms with Crippen LogP contribution in [0.25, 0.3) is 0 Å². The predicted molar refractivity (Wildman–Crippen MR) is 51.3 cm³/mol. The summed E-state index contributed by atoms with van der Waals surface area (Å²) in [6.45, 7) is 1.80. The molecule has 1 atom stereocenters. The molecule has 4 heteroatoms. The highest BCUT2D eigenvalue weighted by molar-refractivity contribution is 6.31. The van der Waals surface area contributed by atoms with Crippen LogP contribution in [0.4, 0.5) is 4.39 Å². The minimum atomic E-state index is -0.334. The number of rotatable bonds is 1. The number of benzene rings is 1. The summed E-state index contributed by atoms with van der Waals surface area (Å²) in [5.74, 6) is -0.334. The van der Waals surface area contributed by atoms with Crippen LogP contribution in [-0.4, -0.2) is 0 Å². The first-order valence-electron chi connectivity index (χ1n) is 3.32. The molecule has 1 aromatic rings. The minimum absolute atomic E-state index is 0. The van der Waals surface area contributed by atoms with E-state index in [1.807, 2.05) is 0 Å². The average molecular weight is 210 g/mol. The second kappa shape index (κ2) is 4.65. The van der Waals surface area contributed by atoms with Crippen molar-refractivity contribution in [2.75, 3.05) is 0 Å². The van der Waals surface area contributed by atoms with Gasteiger partial charge in [0.2, 0.25) is 0 Å². The zero-order valence-electron chi connectivity index (χ0n) is 6.55. The van der Waals surface area contributed by atoms with E-state index >= 15 is 0 Å². The largest absolute Gasteiger partial charge is 0.324 e. The first-order chi connectivity index (χ1) is 5.11. The fourth-order valence-electron chi connectivity index (χ4n) is 0.871. The molecule has 68 valence electrons. The van der Waals surface area contributed by atoms with Crippen molar-refractivity contribution >= 4 is 24.0 Å². The second-order valence-electron chi connectivity index (χ2n) is 2.45. The Bertz CT molecular complexity index is 263. The van der Waals surface area contributed by atoms with Gasteiger partial charge < -0.3 is 5.73 Å². The lowest BCUT2D eigenvalue weighted by Gasteiger charge is -2.06. The zero-order chi connectivity index (χ0) is 8.43. The summed E-state index contributed by atoms with van der Waals surface area (Å²) < 4.78 is 12.5. The first kappa shape index (κ1) is 11.7. The lowest BCUT2D eigenvalue weighted by Crippen LogP contribution is -2.05. The Hall–Kier alpha value is -0.310. The fraction of sp³-hybridized carbons (Fsp3) is 0.250. The summed E-state index contributed by atoms with van der Waals surface area (Å²) in [7, 11) is 0. The van der Waals surface area contributed by atoms with Crippen molar-refractivity contribution in [1.29, 1.82) is 0 Å². The molecule has 0 aliphatic carbocycles. The Labute approximate surface area is 82.1 Å². The van der Waals surface area contributed by atoms with Crippen LogP contribution in [0.3, 0.4) is 0 Å². The minimum Gasteiger partial charge on any atom is -0.324 e. The Kier molecular flexibility index (Phi) is 4.53. The summed E-state index contributed by atoms with van der Waals surface area (Å²) in [6, 6.07) is 4.07. The monoisotopic (exact) mass is 209 g/mol. The van der Waals surface area contributed by atoms with Crippen molar-refractivity contribution in [1.82, 2.24) is 0 Å². The van der Waals surface area contributed by atoms with Crippen LogP contribution < -0.4 is 5.73 Å². The Morgan fingerprint density at radius 1 is 1.50 bits per heavy atom. The van der Waals surface area contributed by atoms with Gasteiger partial charge >= 0.3 is 0 Å². The topological polar surface area (TPSA) is 26.0 Å². The third kappa shape index (κ3) is 2.63. The van der Waals surface area contributed by atoms with Crippen LogP contribution >= 0.6 is 24.0 Å². The molecule has 12 heavy (non-hydrogen) atoms. The molecule has 0 saturated heterocycles. The second-order valence-corrected chi connectivity index (χ2v) is 2.86. The maximum Gasteiger partial charge on any atom is 0.124 e. The van der Waals surface area contributed by atoms with Crippen molar-refractivity contribution < 1.29 is 4.39 Å². The third-order valence-corrected chi connectivity index (χ3v) is 1.78. The van der Waals surface area contributed by atoms with Crippen LogP contribution in [0.1, 0.15) is 18.5 Å². The van der Waals surface area contributed by atoms with Gasteiger partial charge in [-0.15, -0.1) is 12.4 Å². The summed E-state index contributed by atoms with van der Waals surface area (Å²) in [4.78, 5) is 0. The van der Waals surface area contributed by atoms with Gasteiger partial charge in [0.1, 0.15) is 5.82 Å². The first-order valence-corrected chi connectivity index (χ1v) is 3.69. The van der Waals surface area contributed by atoms with E-state index in [1.165, 1.54) is 12.1 Å². The number of halogens is 3. The number of hydrogen-bond acceptors (Lipinski definition) is 1. The van der Waals surface area contributed by atoms with Gasteiger partial charge in [0.15, 0.2) is 0 Å². The standard InChI is InChI=1S/C8H9ClFN.ClH/c1-5(11)7-3-2-6(10)4-8(7)9;/h2-5H,11H2,1H3;1H/t5-;/m0./s1. The molecule has 0 amide bonds. The van der Waals surface area contributed by atoms with E-state index in [4.69, 9.17) is 17.3 Å². The quantitative estimate of drug-likeness (QED) is 0.757. The zero-order valence-corrected chi connectivity index (χ0v) is 8.12. The molecule has 2 N–H and O–H groups in total. The van der Waals surface area contributed by atoms with Gasteiger partial charge in [-0.1, -0.05) is 17.7 Å². The molecule has 1 rings (SSSR count). The van der Waals surface area contributed by atoms with E-state index < -0.39 is 0 Å². The SMILES string of the molecule is C[C@H](N)c1ccc(F)cc1Cl.Cl. The van der Waals surface area contributed by atoms with Crippen molar-refractivity contribution in [3.05, 3.63) is 34.6 Å². The van der Waals surface area contributed by atoms with E-state index in [2.05, 4.69) is 0 Å². The molecular weight excluding hydrogens is 200 g/mol. The fourth-order valence-corrected chi connectivity index (χ4v) is 1.21. The summed E-state index contributed by atoms with van der Waals surface area (Å²) in [6.07, 6.45) is 0. The molecule has 0 aromatic heterocycles. The molecule has 0 saturated carbocycles. The molecule has 0 radical (unpaired) electrons. The van der Waals surface area contributed by atoms with Gasteiger partial charge in [0.25, 0.3) is 0 Å². The molecule has 0 aliphatic heterocycles. The molecule has 1 aromatic carbocycles. The van der Waals surface area contributed by atoms with E-state index in [1.54, 1.807) is 13.0 Å². The highest BCUT2D eigenvalue weighted by Gasteiger charge is 2.04. The van der Waals surface area contributed by atoms with E-state index in [-0.39, 0.29) is 24.3 Å². The van der Waals surface area contributed by atoms with Crippen LogP contribution in [0, 0.1) is 5.82 Å². The Morgan fingerprint density at radius 2 is 2.08 bits per heavy atom. The highest BCUT2D eigenvalue weighted by Crippen LogP contribution is 2.21. The van der Waals surface area contributed by atoms with Gasteiger partial charge in [0.05, 0.1) is 0 Å². The van der Waals surface area contributed by atoms with E-state index in [0.717, 1.165) is 5.56 Å². The molecule has 1 nitrogen and oxygen atoms in total. The van der Waals surface area contributed by atoms with Crippen molar-refractivity contribution in [2.24, 2.45) is 5.73 Å². The molecule has 0 spiro atoms. The Balaban J connectivity index is 0.00000121. The van der Waals surface area contributed by atoms with E-state index in [0.29, 0.717) is 5.02 Å². The van der Waals surface area contributed by atoms with Crippen molar-refractivity contribution in [3.63, 3.8) is 0 Å². The van der Waals surface area contributed by atoms with Crippen LogP contribution in [0.5, 0.6) is 0 Å². The smallest absolute Gasteiger partial charge is 0.124 e. The van der Waals surface area contributed by atoms with Gasteiger partial charge in [0, 0.05) is 11.1 Å². The molecule has 0 aliphatic rings. The van der Waals surface area contributed by atoms with Crippen molar-refractivity contribution in [3.8, 4) is 0 Å². The van der Waals surface area contributed by atoms with Gasteiger partial charge in [-0.2, -0.15) is 0 Å². The maximum absolute atomic E-state index is 12.5. The molecule has 0 bridgehead atoms. The van der Waals surface area contributed by atoms with Crippen molar-refractivity contribution in [2.45, 2.75) is 13.0 Å². The summed E-state index contributed by atoms with van der Waals surface area (Å²) in [5.41, 5.74) is 6.33. The summed E-state index contributed by atoms with van der Waals surface area (Å²) in [5, 5.41) is 0.389. The average Bonchev–Trinajstić information content (AvgIpc) is 1.85. The van der Waals surface area contributed by atoms with Gasteiger partial charge in [-0.05, 0) is 24.6 Å². The maximum atomic E-state index is 12.5. The molecule has 0 unspecified atom stereocenters. The highest BCUT2D eigenvalue weighted by atomic mass is 35.5. The molecule has 0 heterocycles. The molecule has 0 fully saturated rings. The lowest BCUT2D eigenvalue weighted by molar-refractivity contribution is 0.626. The van der Waals surface area contributed by atoms with Crippen LogP contribution in [0.15, 0.2) is 18.2 Å². The van der Waals surface area contributed by atoms with E-state index in [9.17, 15) is 4.39 Å². The number of nitrogens with two attached hydrogens (primary N) is 1. The van der Waals surface area contributed by atoms with Gasteiger partial charge in [-0.25, -0.2) is 4.39 Å². The lowest BCUT2D eigenvalue weighted by atomic mass is 10.1. The Morgan fingerprint density at radius 3 is 2.50 bits per heavy atom. The third-order valence-electron chi connectivity index (χ3n) is 1.45. The van der Waals surface area contributed by atoms with Gasteiger partial charge in [-0.3, -0.25) is 0 Å².